The van der Waals surface area contributed by atoms with Gasteiger partial charge in [0.05, 0.1) is 15.2 Å². The van der Waals surface area contributed by atoms with Crippen molar-refractivity contribution in [2.75, 3.05) is 6.26 Å². The van der Waals surface area contributed by atoms with Crippen LogP contribution in [0.2, 0.25) is 10.0 Å². The lowest BCUT2D eigenvalue weighted by Crippen LogP contribution is -2.30. The number of rotatable bonds is 6. The lowest BCUT2D eigenvalue weighted by molar-refractivity contribution is -0.120. The van der Waals surface area contributed by atoms with E-state index in [1.165, 1.54) is 23.9 Å². The average molecular weight is 418 g/mol. The second kappa shape index (κ2) is 8.45. The van der Waals surface area contributed by atoms with Crippen molar-refractivity contribution < 1.29 is 13.2 Å². The lowest BCUT2D eigenvalue weighted by Gasteiger charge is -2.13. The Labute approximate surface area is 161 Å². The molecule has 2 aromatic rings. The molecule has 0 saturated carbocycles. The monoisotopic (exact) mass is 417 g/mol. The van der Waals surface area contributed by atoms with E-state index in [9.17, 15) is 13.2 Å². The zero-order valence-corrected chi connectivity index (χ0v) is 16.8. The number of halogens is 2. The van der Waals surface area contributed by atoms with Crippen LogP contribution in [0.1, 0.15) is 12.5 Å². The van der Waals surface area contributed by atoms with Crippen molar-refractivity contribution in [3.8, 4) is 0 Å². The molecule has 0 bridgehead atoms. The lowest BCUT2D eigenvalue weighted by atomic mass is 10.2. The number of hydrogen-bond donors (Lipinski definition) is 1. The number of nitrogens with one attached hydrogen (secondary N) is 1. The number of carbonyl (C=O) groups is 1. The van der Waals surface area contributed by atoms with E-state index < -0.39 is 9.84 Å². The minimum atomic E-state index is -3.22. The minimum Gasteiger partial charge on any atom is -0.351 e. The number of amides is 1. The molecule has 0 aliphatic carbocycles. The van der Waals surface area contributed by atoms with Crippen molar-refractivity contribution in [2.45, 2.75) is 28.5 Å². The molecular formula is C17H17Cl2NO3S2. The molecule has 1 unspecified atom stereocenters. The summed E-state index contributed by atoms with van der Waals surface area (Å²) in [5.41, 5.74) is 0.818. The highest BCUT2D eigenvalue weighted by Gasteiger charge is 2.16. The molecule has 0 aromatic heterocycles. The molecule has 2 rings (SSSR count). The second-order valence-electron chi connectivity index (χ2n) is 5.47. The summed E-state index contributed by atoms with van der Waals surface area (Å²) in [5.74, 6) is -0.145. The van der Waals surface area contributed by atoms with Crippen LogP contribution in [0.5, 0.6) is 0 Å². The Kier molecular flexibility index (Phi) is 6.79. The van der Waals surface area contributed by atoms with Crippen molar-refractivity contribution >= 4 is 50.7 Å². The highest BCUT2D eigenvalue weighted by atomic mass is 35.5. The SMILES string of the molecule is CC(Sc1cc(Cl)ccc1Cl)C(=O)NCc1ccc(S(C)(=O)=O)cc1. The van der Waals surface area contributed by atoms with Gasteiger partial charge in [0.15, 0.2) is 9.84 Å². The number of carbonyl (C=O) groups excluding carboxylic acids is 1. The quantitative estimate of drug-likeness (QED) is 0.715. The van der Waals surface area contributed by atoms with Crippen LogP contribution in [-0.4, -0.2) is 25.8 Å². The minimum absolute atomic E-state index is 0.145. The van der Waals surface area contributed by atoms with Gasteiger partial charge >= 0.3 is 0 Å². The number of benzene rings is 2. The predicted octanol–water partition coefficient (Wildman–Crippen LogP) is 4.19. The maximum Gasteiger partial charge on any atom is 0.233 e. The number of sulfone groups is 1. The van der Waals surface area contributed by atoms with Gasteiger partial charge in [0, 0.05) is 22.7 Å². The highest BCUT2D eigenvalue weighted by molar-refractivity contribution is 8.00. The van der Waals surface area contributed by atoms with E-state index in [-0.39, 0.29) is 16.1 Å². The fourth-order valence-electron chi connectivity index (χ4n) is 2.00. The largest absolute Gasteiger partial charge is 0.351 e. The van der Waals surface area contributed by atoms with Crippen molar-refractivity contribution in [1.82, 2.24) is 5.32 Å². The molecule has 0 spiro atoms. The van der Waals surface area contributed by atoms with Gasteiger partial charge in [-0.1, -0.05) is 35.3 Å². The van der Waals surface area contributed by atoms with Gasteiger partial charge in [0.2, 0.25) is 5.91 Å². The number of hydrogen-bond acceptors (Lipinski definition) is 4. The van der Waals surface area contributed by atoms with Crippen LogP contribution < -0.4 is 5.32 Å². The summed E-state index contributed by atoms with van der Waals surface area (Å²) in [5, 5.41) is 3.58. The fraction of sp³-hybridized carbons (Fsp3) is 0.235. The van der Waals surface area contributed by atoms with Crippen molar-refractivity contribution in [3.05, 3.63) is 58.1 Å². The standard InChI is InChI=1S/C17H17Cl2NO3S2/c1-11(24-16-9-13(18)5-8-15(16)19)17(21)20-10-12-3-6-14(7-4-12)25(2,22)23/h3-9,11H,10H2,1-2H3,(H,20,21). The van der Waals surface area contributed by atoms with E-state index in [0.29, 0.717) is 16.6 Å². The summed E-state index contributed by atoms with van der Waals surface area (Å²) in [6, 6.07) is 11.5. The second-order valence-corrected chi connectivity index (χ2v) is 9.71. The Balaban J connectivity index is 1.94. The first kappa shape index (κ1) is 20.1. The Hall–Kier alpha value is -1.21. The van der Waals surface area contributed by atoms with E-state index in [2.05, 4.69) is 5.32 Å². The molecule has 0 radical (unpaired) electrons. The van der Waals surface area contributed by atoms with Crippen LogP contribution in [-0.2, 0) is 21.2 Å². The van der Waals surface area contributed by atoms with E-state index in [1.54, 1.807) is 37.3 Å². The molecule has 8 heteroatoms. The summed E-state index contributed by atoms with van der Waals surface area (Å²) in [6.07, 6.45) is 1.16. The molecule has 0 saturated heterocycles. The Bertz CT molecular complexity index is 868. The third-order valence-corrected chi connectivity index (χ3v) is 6.35. The first-order valence-electron chi connectivity index (χ1n) is 7.35. The molecule has 0 aliphatic rings. The molecule has 25 heavy (non-hydrogen) atoms. The maximum absolute atomic E-state index is 12.2. The summed E-state index contributed by atoms with van der Waals surface area (Å²) in [4.78, 5) is 13.2. The molecule has 2 aromatic carbocycles. The van der Waals surface area contributed by atoms with E-state index in [1.807, 2.05) is 0 Å². The van der Waals surface area contributed by atoms with Crippen LogP contribution in [0, 0.1) is 0 Å². The highest BCUT2D eigenvalue weighted by Crippen LogP contribution is 2.32. The Morgan fingerprint density at radius 3 is 2.40 bits per heavy atom. The van der Waals surface area contributed by atoms with Gasteiger partial charge in [-0.15, -0.1) is 11.8 Å². The summed E-state index contributed by atoms with van der Waals surface area (Å²) < 4.78 is 22.9. The maximum atomic E-state index is 12.2. The van der Waals surface area contributed by atoms with E-state index in [4.69, 9.17) is 23.2 Å². The van der Waals surface area contributed by atoms with Crippen LogP contribution in [0.15, 0.2) is 52.3 Å². The van der Waals surface area contributed by atoms with Crippen molar-refractivity contribution in [2.24, 2.45) is 0 Å². The molecule has 4 nitrogen and oxygen atoms in total. The zero-order valence-electron chi connectivity index (χ0n) is 13.6. The van der Waals surface area contributed by atoms with Gasteiger partial charge in [0.25, 0.3) is 0 Å². The van der Waals surface area contributed by atoms with Crippen molar-refractivity contribution in [3.63, 3.8) is 0 Å². The summed E-state index contributed by atoms with van der Waals surface area (Å²) in [6.45, 7) is 2.10. The first-order chi connectivity index (χ1) is 11.7. The molecule has 134 valence electrons. The molecule has 0 aliphatic heterocycles. The zero-order chi connectivity index (χ0) is 18.6. The van der Waals surface area contributed by atoms with Crippen LogP contribution in [0.25, 0.3) is 0 Å². The van der Waals surface area contributed by atoms with Gasteiger partial charge in [-0.25, -0.2) is 8.42 Å². The average Bonchev–Trinajstić information content (AvgIpc) is 2.55. The Morgan fingerprint density at radius 2 is 1.80 bits per heavy atom. The van der Waals surface area contributed by atoms with Crippen LogP contribution in [0.3, 0.4) is 0 Å². The molecule has 1 N–H and O–H groups in total. The molecular weight excluding hydrogens is 401 g/mol. The van der Waals surface area contributed by atoms with E-state index in [0.717, 1.165) is 16.7 Å². The van der Waals surface area contributed by atoms with Gasteiger partial charge in [-0.05, 0) is 42.8 Å². The van der Waals surface area contributed by atoms with Crippen LogP contribution >= 0.6 is 35.0 Å². The molecule has 0 fully saturated rings. The summed E-state index contributed by atoms with van der Waals surface area (Å²) >= 11 is 13.4. The van der Waals surface area contributed by atoms with Crippen LogP contribution in [0.4, 0.5) is 0 Å². The molecule has 1 amide bonds. The smallest absolute Gasteiger partial charge is 0.233 e. The predicted molar refractivity (Wildman–Crippen MR) is 103 cm³/mol. The summed E-state index contributed by atoms with van der Waals surface area (Å²) in [7, 11) is -3.22. The molecule has 1 atom stereocenters. The van der Waals surface area contributed by atoms with Gasteiger partial charge in [-0.2, -0.15) is 0 Å². The van der Waals surface area contributed by atoms with Gasteiger partial charge in [0.1, 0.15) is 0 Å². The van der Waals surface area contributed by atoms with Gasteiger partial charge < -0.3 is 5.32 Å². The number of thioether (sulfide) groups is 1. The van der Waals surface area contributed by atoms with Crippen molar-refractivity contribution in [1.29, 1.82) is 0 Å². The third kappa shape index (κ3) is 5.92. The van der Waals surface area contributed by atoms with E-state index >= 15 is 0 Å². The first-order valence-corrected chi connectivity index (χ1v) is 10.9. The normalized spacial score (nSPS) is 12.6. The van der Waals surface area contributed by atoms with Gasteiger partial charge in [-0.3, -0.25) is 4.79 Å². The topological polar surface area (TPSA) is 63.2 Å². The third-order valence-electron chi connectivity index (χ3n) is 3.38. The fourth-order valence-corrected chi connectivity index (χ4v) is 4.06. The molecule has 0 heterocycles. The Morgan fingerprint density at radius 1 is 1.16 bits per heavy atom.